The Balaban J connectivity index is 3.39. The van der Waals surface area contributed by atoms with Gasteiger partial charge in [-0.05, 0) is 24.0 Å². The zero-order valence-corrected chi connectivity index (χ0v) is 7.00. The number of hydroxylamine groups is 1. The predicted octanol–water partition coefficient (Wildman–Crippen LogP) is -0.508. The largest absolute Gasteiger partial charge is 0.374 e. The number of nitrogens with zero attached hydrogens (tertiary/aromatic N) is 1. The second-order valence-corrected chi connectivity index (χ2v) is 2.52. The molecule has 7 heteroatoms. The van der Waals surface area contributed by atoms with Gasteiger partial charge in [0.15, 0.2) is 5.11 Å². The van der Waals surface area contributed by atoms with Gasteiger partial charge in [0.1, 0.15) is 11.2 Å². The van der Waals surface area contributed by atoms with Crippen molar-refractivity contribution >= 4 is 35.1 Å². The second kappa shape index (κ2) is 5.76. The number of nitriles is 1. The topological polar surface area (TPSA) is 88.1 Å². The van der Waals surface area contributed by atoms with Crippen molar-refractivity contribution in [3.63, 3.8) is 0 Å². The summed E-state index contributed by atoms with van der Waals surface area (Å²) in [6.07, 6.45) is 0. The van der Waals surface area contributed by atoms with Crippen molar-refractivity contribution in [2.24, 2.45) is 5.73 Å². The van der Waals surface area contributed by atoms with Crippen LogP contribution in [-0.4, -0.2) is 16.8 Å². The summed E-state index contributed by atoms with van der Waals surface area (Å²) in [6.45, 7) is 0. The highest BCUT2D eigenvalue weighted by atomic mass is 32.2. The molecule has 0 saturated heterocycles. The van der Waals surface area contributed by atoms with Crippen molar-refractivity contribution in [3.8, 4) is 5.40 Å². The van der Waals surface area contributed by atoms with Gasteiger partial charge in [-0.3, -0.25) is 0 Å². The van der Waals surface area contributed by atoms with E-state index in [1.807, 2.05) is 5.48 Å². The maximum absolute atomic E-state index is 10.5. The number of thioether (sulfide) groups is 1. The highest BCUT2D eigenvalue weighted by Gasteiger charge is 2.01. The van der Waals surface area contributed by atoms with E-state index in [2.05, 4.69) is 17.1 Å². The molecule has 0 aliphatic carbocycles. The zero-order chi connectivity index (χ0) is 8.69. The molecule has 0 fully saturated rings. The Bertz CT molecular complexity index is 200. The lowest BCUT2D eigenvalue weighted by molar-refractivity contribution is -0.144. The minimum atomic E-state index is -0.593. The molecule has 0 spiro atoms. The summed E-state index contributed by atoms with van der Waals surface area (Å²) in [6, 6.07) is 0. The smallest absolute Gasteiger partial charge is 0.343 e. The van der Waals surface area contributed by atoms with Crippen LogP contribution in [0, 0.1) is 10.7 Å². The quantitative estimate of drug-likeness (QED) is 0.345. The van der Waals surface area contributed by atoms with Gasteiger partial charge < -0.3 is 10.6 Å². The van der Waals surface area contributed by atoms with E-state index in [0.29, 0.717) is 0 Å². The molecule has 0 amide bonds. The molecule has 0 aliphatic heterocycles. The third kappa shape index (κ3) is 6.89. The van der Waals surface area contributed by atoms with Gasteiger partial charge in [0.25, 0.3) is 0 Å². The summed E-state index contributed by atoms with van der Waals surface area (Å²) in [5.74, 6) is -0.643. The predicted molar refractivity (Wildman–Crippen MR) is 44.1 cm³/mol. The molecule has 0 aromatic carbocycles. The number of rotatable bonds is 2. The fraction of sp³-hybridized carbons (Fsp3) is 0.250. The Hall–Kier alpha value is -1.00. The first kappa shape index (κ1) is 10.0. The number of hydrogen-bond acceptors (Lipinski definition) is 5. The molecule has 0 aliphatic rings. The second-order valence-electron chi connectivity index (χ2n) is 1.32. The number of carbonyl (C=O) groups excluding carboxylic acids is 1. The lowest BCUT2D eigenvalue weighted by Gasteiger charge is -2.01. The van der Waals surface area contributed by atoms with Crippen LogP contribution in [0.4, 0.5) is 0 Å². The van der Waals surface area contributed by atoms with Crippen molar-refractivity contribution in [2.45, 2.75) is 0 Å². The number of hydrogen-bond donors (Lipinski definition) is 2. The number of carbonyl (C=O) groups is 1. The molecule has 0 bridgehead atoms. The van der Waals surface area contributed by atoms with Crippen LogP contribution in [0.5, 0.6) is 0 Å². The minimum absolute atomic E-state index is 0.0495. The third-order valence-electron chi connectivity index (χ3n) is 0.520. The van der Waals surface area contributed by atoms with Crippen LogP contribution < -0.4 is 11.2 Å². The van der Waals surface area contributed by atoms with E-state index in [4.69, 9.17) is 11.0 Å². The molecule has 0 saturated carbocycles. The molecular formula is C4H5N3O2S2. The molecule has 60 valence electrons. The third-order valence-corrected chi connectivity index (χ3v) is 1.11. The number of nitrogens with one attached hydrogen (secondary N) is 1. The molecular weight excluding hydrogens is 186 g/mol. The van der Waals surface area contributed by atoms with E-state index in [1.165, 1.54) is 0 Å². The van der Waals surface area contributed by atoms with Crippen LogP contribution >= 0.6 is 24.0 Å². The molecule has 0 aromatic rings. The van der Waals surface area contributed by atoms with Gasteiger partial charge in [-0.1, -0.05) is 0 Å². The molecule has 5 nitrogen and oxygen atoms in total. The van der Waals surface area contributed by atoms with Gasteiger partial charge in [0.05, 0.1) is 0 Å². The van der Waals surface area contributed by atoms with Crippen LogP contribution in [0.2, 0.25) is 0 Å². The highest BCUT2D eigenvalue weighted by molar-refractivity contribution is 8.04. The first-order valence-corrected chi connectivity index (χ1v) is 3.82. The zero-order valence-electron chi connectivity index (χ0n) is 5.36. The van der Waals surface area contributed by atoms with E-state index >= 15 is 0 Å². The Labute approximate surface area is 72.8 Å². The Morgan fingerprint density at radius 3 is 3.00 bits per heavy atom. The standard InChI is InChI=1S/C4H5N3O2S2/c5-2-11-1-3(8)9-7-4(6)10/h1H2,(H3,6,7,10). The van der Waals surface area contributed by atoms with Crippen LogP contribution in [-0.2, 0) is 9.63 Å². The normalized spacial score (nSPS) is 7.91. The molecule has 0 rings (SSSR count). The Morgan fingerprint density at radius 2 is 2.55 bits per heavy atom. The van der Waals surface area contributed by atoms with Crippen molar-refractivity contribution in [3.05, 3.63) is 0 Å². The molecule has 0 unspecified atom stereocenters. The maximum atomic E-state index is 10.5. The lowest BCUT2D eigenvalue weighted by Crippen LogP contribution is -2.32. The van der Waals surface area contributed by atoms with Crippen molar-refractivity contribution in [1.29, 1.82) is 5.26 Å². The molecule has 11 heavy (non-hydrogen) atoms. The van der Waals surface area contributed by atoms with E-state index in [0.717, 1.165) is 11.8 Å². The molecule has 0 radical (unpaired) electrons. The number of nitrogens with two attached hydrogens (primary N) is 1. The van der Waals surface area contributed by atoms with Gasteiger partial charge >= 0.3 is 5.97 Å². The Morgan fingerprint density at radius 1 is 1.91 bits per heavy atom. The van der Waals surface area contributed by atoms with Gasteiger partial charge in [0, 0.05) is 0 Å². The molecule has 0 aromatic heterocycles. The van der Waals surface area contributed by atoms with Crippen LogP contribution in [0.1, 0.15) is 0 Å². The monoisotopic (exact) mass is 191 g/mol. The van der Waals surface area contributed by atoms with Crippen molar-refractivity contribution < 1.29 is 9.63 Å². The fourth-order valence-electron chi connectivity index (χ4n) is 0.228. The van der Waals surface area contributed by atoms with E-state index in [-0.39, 0.29) is 10.9 Å². The molecule has 3 N–H and O–H groups in total. The number of thiocyanates is 1. The SMILES string of the molecule is N#CSCC(=O)ONC(N)=S. The summed E-state index contributed by atoms with van der Waals surface area (Å²) >= 11 is 5.12. The van der Waals surface area contributed by atoms with Gasteiger partial charge in [-0.25, -0.2) is 4.79 Å². The van der Waals surface area contributed by atoms with Crippen molar-refractivity contribution in [1.82, 2.24) is 5.48 Å². The van der Waals surface area contributed by atoms with Gasteiger partial charge in [-0.2, -0.15) is 10.7 Å². The average Bonchev–Trinajstić information content (AvgIpc) is 1.97. The minimum Gasteiger partial charge on any atom is -0.374 e. The van der Waals surface area contributed by atoms with Crippen LogP contribution in [0.15, 0.2) is 0 Å². The van der Waals surface area contributed by atoms with E-state index in [1.54, 1.807) is 5.40 Å². The summed E-state index contributed by atoms with van der Waals surface area (Å²) in [4.78, 5) is 14.8. The maximum Gasteiger partial charge on any atom is 0.343 e. The van der Waals surface area contributed by atoms with E-state index < -0.39 is 5.97 Å². The van der Waals surface area contributed by atoms with Crippen LogP contribution in [0.25, 0.3) is 0 Å². The molecule has 0 heterocycles. The summed E-state index contributed by atoms with van der Waals surface area (Å²) in [5, 5.41) is 9.61. The number of thiocarbonyl (C=S) groups is 1. The molecule has 0 atom stereocenters. The summed E-state index contributed by atoms with van der Waals surface area (Å²) in [5.41, 5.74) is 6.93. The Kier molecular flexibility index (Phi) is 5.24. The van der Waals surface area contributed by atoms with Gasteiger partial charge in [-0.15, -0.1) is 0 Å². The fourth-order valence-corrected chi connectivity index (χ4v) is 0.511. The first-order valence-electron chi connectivity index (χ1n) is 2.43. The van der Waals surface area contributed by atoms with Crippen molar-refractivity contribution in [2.75, 3.05) is 5.75 Å². The first-order chi connectivity index (χ1) is 5.16. The van der Waals surface area contributed by atoms with Gasteiger partial charge in [0.2, 0.25) is 0 Å². The van der Waals surface area contributed by atoms with E-state index in [9.17, 15) is 4.79 Å². The summed E-state index contributed by atoms with van der Waals surface area (Å²) in [7, 11) is 0. The highest BCUT2D eigenvalue weighted by Crippen LogP contribution is 1.94. The van der Waals surface area contributed by atoms with Crippen LogP contribution in [0.3, 0.4) is 0 Å². The lowest BCUT2D eigenvalue weighted by atomic mass is 10.8. The summed E-state index contributed by atoms with van der Waals surface area (Å²) < 4.78 is 0. The average molecular weight is 191 g/mol.